The molecule has 0 aromatic carbocycles. The first-order valence-corrected chi connectivity index (χ1v) is 9.04. The highest BCUT2D eigenvalue weighted by Crippen LogP contribution is 2.20. The van der Waals surface area contributed by atoms with E-state index in [2.05, 4.69) is 20.8 Å². The van der Waals surface area contributed by atoms with Gasteiger partial charge in [-0.1, -0.05) is 0 Å². The third kappa shape index (κ3) is 4.80. The number of nitrogens with one attached hydrogen (secondary N) is 3. The van der Waals surface area contributed by atoms with E-state index < -0.39 is 0 Å². The molecule has 2 saturated heterocycles. The van der Waals surface area contributed by atoms with Crippen molar-refractivity contribution in [2.24, 2.45) is 11.8 Å². The lowest BCUT2D eigenvalue weighted by Crippen LogP contribution is -2.51. The van der Waals surface area contributed by atoms with Gasteiger partial charge in [0.15, 0.2) is 0 Å². The number of aromatic nitrogens is 2. The van der Waals surface area contributed by atoms with Gasteiger partial charge in [0.25, 0.3) is 0 Å². The number of hydrogen-bond acceptors (Lipinski definition) is 6. The van der Waals surface area contributed by atoms with Gasteiger partial charge in [0.2, 0.25) is 11.8 Å². The Kier molecular flexibility index (Phi) is 6.59. The van der Waals surface area contributed by atoms with Crippen molar-refractivity contribution in [3.63, 3.8) is 0 Å². The molecular weight excluding hydrogens is 338 g/mol. The lowest BCUT2D eigenvalue weighted by molar-refractivity contribution is -0.141. The molecule has 9 nitrogen and oxygen atoms in total. The van der Waals surface area contributed by atoms with Crippen LogP contribution in [0.15, 0.2) is 6.07 Å². The lowest BCUT2D eigenvalue weighted by Gasteiger charge is -2.34. The van der Waals surface area contributed by atoms with Crippen LogP contribution in [-0.2, 0) is 32.2 Å². The maximum Gasteiger partial charge on any atom is 0.227 e. The number of morpholine rings is 1. The van der Waals surface area contributed by atoms with Crippen molar-refractivity contribution in [2.45, 2.75) is 19.6 Å². The summed E-state index contributed by atoms with van der Waals surface area (Å²) in [5.74, 6) is -0.283. The van der Waals surface area contributed by atoms with Gasteiger partial charge in [-0.2, -0.15) is 5.10 Å². The number of nitrogens with zero attached hydrogens (tertiary/aromatic N) is 2. The fourth-order valence-electron chi connectivity index (χ4n) is 3.42. The number of amides is 2. The molecule has 3 rings (SSSR count). The molecule has 144 valence electrons. The van der Waals surface area contributed by atoms with Crippen molar-refractivity contribution < 1.29 is 19.1 Å². The maximum absolute atomic E-state index is 12.6. The highest BCUT2D eigenvalue weighted by molar-refractivity contribution is 5.83. The van der Waals surface area contributed by atoms with E-state index in [0.29, 0.717) is 59.0 Å². The van der Waals surface area contributed by atoms with E-state index in [4.69, 9.17) is 9.47 Å². The Bertz CT molecular complexity index is 614. The Morgan fingerprint density at radius 3 is 2.88 bits per heavy atom. The summed E-state index contributed by atoms with van der Waals surface area (Å²) in [6.07, 6.45) is 0.576. The molecule has 0 radical (unpaired) electrons. The van der Waals surface area contributed by atoms with Gasteiger partial charge in [-0.3, -0.25) is 14.7 Å². The Balaban J connectivity index is 1.48. The summed E-state index contributed by atoms with van der Waals surface area (Å²) in [6, 6.07) is 1.87. The topological polar surface area (TPSA) is 109 Å². The van der Waals surface area contributed by atoms with Crippen molar-refractivity contribution >= 4 is 11.8 Å². The van der Waals surface area contributed by atoms with Gasteiger partial charge < -0.3 is 25.0 Å². The molecule has 0 aliphatic carbocycles. The first-order chi connectivity index (χ1) is 12.7. The van der Waals surface area contributed by atoms with Crippen LogP contribution < -0.4 is 10.6 Å². The Morgan fingerprint density at radius 1 is 1.35 bits per heavy atom. The van der Waals surface area contributed by atoms with E-state index in [1.54, 1.807) is 7.11 Å². The predicted octanol–water partition coefficient (Wildman–Crippen LogP) is -0.743. The lowest BCUT2D eigenvalue weighted by atomic mass is 9.88. The summed E-state index contributed by atoms with van der Waals surface area (Å²) in [7, 11) is 1.61. The average molecular weight is 365 g/mol. The summed E-state index contributed by atoms with van der Waals surface area (Å²) in [6.45, 7) is 4.48. The number of piperidine rings is 1. The van der Waals surface area contributed by atoms with Gasteiger partial charge in [0.1, 0.15) is 0 Å². The zero-order valence-electron chi connectivity index (χ0n) is 15.1. The van der Waals surface area contributed by atoms with Crippen molar-refractivity contribution in [1.29, 1.82) is 0 Å². The van der Waals surface area contributed by atoms with Crippen LogP contribution >= 0.6 is 0 Å². The third-order valence-electron chi connectivity index (χ3n) is 4.82. The van der Waals surface area contributed by atoms with Gasteiger partial charge >= 0.3 is 0 Å². The highest BCUT2D eigenvalue weighted by Gasteiger charge is 2.33. The van der Waals surface area contributed by atoms with E-state index in [-0.39, 0.29) is 23.7 Å². The summed E-state index contributed by atoms with van der Waals surface area (Å²) in [5, 5.41) is 13.2. The van der Waals surface area contributed by atoms with Crippen LogP contribution in [0.25, 0.3) is 0 Å². The molecule has 2 amide bonds. The number of hydrogen-bond donors (Lipinski definition) is 3. The molecule has 3 heterocycles. The predicted molar refractivity (Wildman–Crippen MR) is 93.0 cm³/mol. The molecular formula is C17H27N5O4. The molecule has 0 unspecified atom stereocenters. The number of carbonyl (C=O) groups is 2. The van der Waals surface area contributed by atoms with Crippen LogP contribution in [0.5, 0.6) is 0 Å². The Hall–Kier alpha value is -1.97. The van der Waals surface area contributed by atoms with Crippen molar-refractivity contribution in [2.75, 3.05) is 46.5 Å². The molecule has 2 fully saturated rings. The van der Waals surface area contributed by atoms with Crippen LogP contribution in [0.4, 0.5) is 0 Å². The molecule has 2 aliphatic heterocycles. The standard InChI is InChI=1S/C17H27N5O4/c1-25-11-15-7-14(20-21-15)10-19-16(23)12-6-13(9-18-8-12)17(24)22-2-4-26-5-3-22/h7,12-13,18H,2-6,8-11H2,1H3,(H,19,23)(H,20,21)/t12-,13-/m0/s1. The first kappa shape index (κ1) is 18.8. The summed E-state index contributed by atoms with van der Waals surface area (Å²) < 4.78 is 10.3. The fourth-order valence-corrected chi connectivity index (χ4v) is 3.42. The molecule has 1 aromatic rings. The number of aromatic amines is 1. The second-order valence-electron chi connectivity index (χ2n) is 6.76. The van der Waals surface area contributed by atoms with E-state index in [9.17, 15) is 9.59 Å². The Morgan fingerprint density at radius 2 is 2.12 bits per heavy atom. The first-order valence-electron chi connectivity index (χ1n) is 9.04. The minimum atomic E-state index is -0.208. The molecule has 0 saturated carbocycles. The van der Waals surface area contributed by atoms with Crippen LogP contribution in [0.1, 0.15) is 17.8 Å². The molecule has 0 spiro atoms. The van der Waals surface area contributed by atoms with Crippen molar-refractivity contribution in [3.8, 4) is 0 Å². The smallest absolute Gasteiger partial charge is 0.227 e. The second-order valence-corrected chi connectivity index (χ2v) is 6.76. The summed E-state index contributed by atoms with van der Waals surface area (Å²) in [5.41, 5.74) is 1.63. The van der Waals surface area contributed by atoms with Gasteiger partial charge in [-0.15, -0.1) is 0 Å². The quantitative estimate of drug-likeness (QED) is 0.613. The summed E-state index contributed by atoms with van der Waals surface area (Å²) >= 11 is 0. The monoisotopic (exact) mass is 365 g/mol. The maximum atomic E-state index is 12.6. The minimum absolute atomic E-state index is 0.0418. The minimum Gasteiger partial charge on any atom is -0.378 e. The normalized spacial score (nSPS) is 23.7. The number of methoxy groups -OCH3 is 1. The van der Waals surface area contributed by atoms with E-state index in [1.807, 2.05) is 11.0 Å². The molecule has 0 bridgehead atoms. The Labute approximate surface area is 152 Å². The average Bonchev–Trinajstić information content (AvgIpc) is 3.14. The van der Waals surface area contributed by atoms with Crippen LogP contribution in [-0.4, -0.2) is 73.4 Å². The molecule has 26 heavy (non-hydrogen) atoms. The zero-order chi connectivity index (χ0) is 18.4. The molecule has 2 aliphatic rings. The molecule has 1 aromatic heterocycles. The van der Waals surface area contributed by atoms with Crippen molar-refractivity contribution in [1.82, 2.24) is 25.7 Å². The number of rotatable bonds is 6. The van der Waals surface area contributed by atoms with E-state index in [0.717, 1.165) is 11.4 Å². The summed E-state index contributed by atoms with van der Waals surface area (Å²) in [4.78, 5) is 27.0. The number of H-pyrrole nitrogens is 1. The molecule has 9 heteroatoms. The zero-order valence-corrected chi connectivity index (χ0v) is 15.1. The largest absolute Gasteiger partial charge is 0.378 e. The van der Waals surface area contributed by atoms with Gasteiger partial charge in [0, 0.05) is 33.3 Å². The van der Waals surface area contributed by atoms with Crippen LogP contribution in [0.2, 0.25) is 0 Å². The second kappa shape index (κ2) is 9.11. The van der Waals surface area contributed by atoms with E-state index >= 15 is 0 Å². The van der Waals surface area contributed by atoms with Gasteiger partial charge in [-0.25, -0.2) is 0 Å². The number of carbonyl (C=O) groups excluding carboxylic acids is 2. The third-order valence-corrected chi connectivity index (χ3v) is 4.82. The highest BCUT2D eigenvalue weighted by atomic mass is 16.5. The van der Waals surface area contributed by atoms with Crippen LogP contribution in [0.3, 0.4) is 0 Å². The van der Waals surface area contributed by atoms with Gasteiger partial charge in [0.05, 0.1) is 49.6 Å². The van der Waals surface area contributed by atoms with Crippen LogP contribution in [0, 0.1) is 11.8 Å². The van der Waals surface area contributed by atoms with Gasteiger partial charge in [-0.05, 0) is 12.5 Å². The van der Waals surface area contributed by atoms with Crippen molar-refractivity contribution in [3.05, 3.63) is 17.5 Å². The molecule has 2 atom stereocenters. The molecule has 3 N–H and O–H groups in total. The number of ether oxygens (including phenoxy) is 2. The van der Waals surface area contributed by atoms with E-state index in [1.165, 1.54) is 0 Å². The fraction of sp³-hybridized carbons (Fsp3) is 0.706. The SMILES string of the molecule is COCc1cc(CNC(=O)[C@@H]2CNC[C@@H](C(=O)N3CCOCC3)C2)[nH]n1.